The average molecular weight is 362 g/mol. The molecule has 0 radical (unpaired) electrons. The zero-order valence-electron chi connectivity index (χ0n) is 15.5. The van der Waals surface area contributed by atoms with Crippen LogP contribution in [0, 0.1) is 12.8 Å². The van der Waals surface area contributed by atoms with Gasteiger partial charge in [0.1, 0.15) is 0 Å². The second-order valence-electron chi connectivity index (χ2n) is 7.10. The van der Waals surface area contributed by atoms with Crippen molar-refractivity contribution < 1.29 is 14.3 Å². The normalized spacial score (nSPS) is 16.0. The number of aromatic nitrogens is 1. The Morgan fingerprint density at radius 2 is 2.00 bits per heavy atom. The molecule has 2 aromatic carbocycles. The van der Waals surface area contributed by atoms with E-state index in [0.717, 1.165) is 18.4 Å². The lowest BCUT2D eigenvalue weighted by Crippen LogP contribution is -2.28. The number of esters is 1. The Hall–Kier alpha value is -3.08. The predicted molar refractivity (Wildman–Crippen MR) is 105 cm³/mol. The van der Waals surface area contributed by atoms with E-state index < -0.39 is 5.97 Å². The number of para-hydroxylation sites is 1. The molecule has 0 saturated heterocycles. The fourth-order valence-electron chi connectivity index (χ4n) is 3.87. The molecule has 5 nitrogen and oxygen atoms in total. The lowest BCUT2D eigenvalue weighted by molar-refractivity contribution is -0.120. The molecule has 27 heavy (non-hydrogen) atoms. The van der Waals surface area contributed by atoms with Crippen molar-refractivity contribution in [2.75, 3.05) is 12.4 Å². The standard InChI is InChI=1S/C22H22N2O3/c1-13-7-9-19-16(11-13)17-12-14(8-10-20(17)23-19)21(25)24-18-6-4-3-5-15(18)22(26)27-2/h3-7,9,11,14,23H,8,10,12H2,1-2H3,(H,24,25). The Kier molecular flexibility index (Phi) is 4.44. The number of rotatable bonds is 3. The predicted octanol–water partition coefficient (Wildman–Crippen LogP) is 4.01. The van der Waals surface area contributed by atoms with Crippen molar-refractivity contribution in [2.24, 2.45) is 5.92 Å². The van der Waals surface area contributed by atoms with Gasteiger partial charge in [-0.15, -0.1) is 0 Å². The summed E-state index contributed by atoms with van der Waals surface area (Å²) in [6.45, 7) is 2.08. The summed E-state index contributed by atoms with van der Waals surface area (Å²) in [5.74, 6) is -0.634. The minimum absolute atomic E-state index is 0.0565. The van der Waals surface area contributed by atoms with E-state index >= 15 is 0 Å². The number of carbonyl (C=O) groups is 2. The minimum atomic E-state index is -0.455. The Bertz CT molecular complexity index is 1040. The minimum Gasteiger partial charge on any atom is -0.465 e. The highest BCUT2D eigenvalue weighted by molar-refractivity contribution is 6.02. The van der Waals surface area contributed by atoms with Crippen molar-refractivity contribution >= 4 is 28.5 Å². The molecule has 3 aromatic rings. The van der Waals surface area contributed by atoms with Crippen molar-refractivity contribution in [1.29, 1.82) is 0 Å². The van der Waals surface area contributed by atoms with E-state index in [1.807, 2.05) is 0 Å². The fourth-order valence-corrected chi connectivity index (χ4v) is 3.87. The first-order valence-electron chi connectivity index (χ1n) is 9.15. The van der Waals surface area contributed by atoms with Gasteiger partial charge in [-0.05, 0) is 56.0 Å². The van der Waals surface area contributed by atoms with Gasteiger partial charge in [0, 0.05) is 22.5 Å². The topological polar surface area (TPSA) is 71.2 Å². The lowest BCUT2D eigenvalue weighted by Gasteiger charge is -2.22. The quantitative estimate of drug-likeness (QED) is 0.692. The van der Waals surface area contributed by atoms with Crippen LogP contribution in [0.4, 0.5) is 5.69 Å². The molecule has 0 fully saturated rings. The molecule has 0 saturated carbocycles. The van der Waals surface area contributed by atoms with Crippen LogP contribution in [-0.2, 0) is 22.4 Å². The van der Waals surface area contributed by atoms with E-state index in [4.69, 9.17) is 4.74 Å². The highest BCUT2D eigenvalue weighted by atomic mass is 16.5. The smallest absolute Gasteiger partial charge is 0.339 e. The zero-order valence-corrected chi connectivity index (χ0v) is 15.5. The number of hydrogen-bond acceptors (Lipinski definition) is 3. The maximum atomic E-state index is 12.9. The van der Waals surface area contributed by atoms with Crippen LogP contribution < -0.4 is 5.32 Å². The molecule has 1 aliphatic carbocycles. The van der Waals surface area contributed by atoms with E-state index in [0.29, 0.717) is 17.7 Å². The van der Waals surface area contributed by atoms with Gasteiger partial charge < -0.3 is 15.0 Å². The second kappa shape index (κ2) is 6.91. The van der Waals surface area contributed by atoms with E-state index in [-0.39, 0.29) is 11.8 Å². The number of nitrogens with one attached hydrogen (secondary N) is 2. The third-order valence-corrected chi connectivity index (χ3v) is 5.30. The Morgan fingerprint density at radius 3 is 2.81 bits per heavy atom. The number of fused-ring (bicyclic) bond motifs is 3. The summed E-state index contributed by atoms with van der Waals surface area (Å²) in [5.41, 5.74) is 5.67. The summed E-state index contributed by atoms with van der Waals surface area (Å²) in [7, 11) is 1.34. The van der Waals surface area contributed by atoms with Crippen LogP contribution in [0.25, 0.3) is 10.9 Å². The summed E-state index contributed by atoms with van der Waals surface area (Å²) in [5, 5.41) is 4.13. The van der Waals surface area contributed by atoms with Crippen LogP contribution in [0.1, 0.15) is 33.6 Å². The van der Waals surface area contributed by atoms with Crippen molar-refractivity contribution in [1.82, 2.24) is 4.98 Å². The van der Waals surface area contributed by atoms with Gasteiger partial charge in [0.05, 0.1) is 18.4 Å². The van der Waals surface area contributed by atoms with Gasteiger partial charge in [0.2, 0.25) is 5.91 Å². The molecular formula is C22H22N2O3. The molecule has 1 unspecified atom stereocenters. The first-order chi connectivity index (χ1) is 13.1. The number of carbonyl (C=O) groups excluding carboxylic acids is 2. The summed E-state index contributed by atoms with van der Waals surface area (Å²) >= 11 is 0. The Morgan fingerprint density at radius 1 is 1.19 bits per heavy atom. The van der Waals surface area contributed by atoms with Gasteiger partial charge in [0.15, 0.2) is 0 Å². The summed E-state index contributed by atoms with van der Waals surface area (Å²) in [6, 6.07) is 13.3. The van der Waals surface area contributed by atoms with E-state index in [2.05, 4.69) is 35.4 Å². The van der Waals surface area contributed by atoms with Crippen molar-refractivity contribution in [3.05, 3.63) is 64.8 Å². The fraction of sp³-hybridized carbons (Fsp3) is 0.273. The van der Waals surface area contributed by atoms with Crippen LogP contribution >= 0.6 is 0 Å². The number of benzene rings is 2. The van der Waals surface area contributed by atoms with Crippen LogP contribution in [0.2, 0.25) is 0 Å². The molecule has 1 aliphatic rings. The third-order valence-electron chi connectivity index (χ3n) is 5.30. The van der Waals surface area contributed by atoms with E-state index in [1.54, 1.807) is 24.3 Å². The molecule has 1 atom stereocenters. The number of methoxy groups -OCH3 is 1. The molecule has 2 N–H and O–H groups in total. The summed E-state index contributed by atoms with van der Waals surface area (Å²) in [4.78, 5) is 28.3. The molecule has 0 aliphatic heterocycles. The third kappa shape index (κ3) is 3.21. The number of amides is 1. The zero-order chi connectivity index (χ0) is 19.0. The first kappa shape index (κ1) is 17.3. The van der Waals surface area contributed by atoms with Gasteiger partial charge in [-0.1, -0.05) is 23.8 Å². The molecule has 0 bridgehead atoms. The first-order valence-corrected chi connectivity index (χ1v) is 9.15. The van der Waals surface area contributed by atoms with Crippen molar-refractivity contribution in [2.45, 2.75) is 26.2 Å². The number of anilines is 1. The van der Waals surface area contributed by atoms with Gasteiger partial charge in [-0.3, -0.25) is 4.79 Å². The second-order valence-corrected chi connectivity index (χ2v) is 7.10. The molecule has 5 heteroatoms. The van der Waals surface area contributed by atoms with Gasteiger partial charge in [-0.2, -0.15) is 0 Å². The number of hydrogen-bond donors (Lipinski definition) is 2. The van der Waals surface area contributed by atoms with Gasteiger partial charge >= 0.3 is 5.97 Å². The maximum Gasteiger partial charge on any atom is 0.339 e. The average Bonchev–Trinajstić information content (AvgIpc) is 3.05. The Balaban J connectivity index is 1.58. The van der Waals surface area contributed by atoms with E-state index in [9.17, 15) is 9.59 Å². The molecule has 4 rings (SSSR count). The van der Waals surface area contributed by atoms with Crippen LogP contribution in [0.15, 0.2) is 42.5 Å². The highest BCUT2D eigenvalue weighted by Crippen LogP contribution is 2.33. The maximum absolute atomic E-state index is 12.9. The lowest BCUT2D eigenvalue weighted by atomic mass is 9.85. The number of aromatic amines is 1. The molecule has 1 aromatic heterocycles. The van der Waals surface area contributed by atoms with Crippen LogP contribution in [0.5, 0.6) is 0 Å². The SMILES string of the molecule is COC(=O)c1ccccc1NC(=O)C1CCc2[nH]c3ccc(C)cc3c2C1. The van der Waals surface area contributed by atoms with Crippen LogP contribution in [-0.4, -0.2) is 24.0 Å². The summed E-state index contributed by atoms with van der Waals surface area (Å²) < 4.78 is 4.81. The van der Waals surface area contributed by atoms with Gasteiger partial charge in [0.25, 0.3) is 0 Å². The Labute approximate surface area is 157 Å². The number of H-pyrrole nitrogens is 1. The largest absolute Gasteiger partial charge is 0.465 e. The van der Waals surface area contributed by atoms with Crippen molar-refractivity contribution in [3.63, 3.8) is 0 Å². The molecule has 138 valence electrons. The monoisotopic (exact) mass is 362 g/mol. The highest BCUT2D eigenvalue weighted by Gasteiger charge is 2.28. The molecule has 1 amide bonds. The van der Waals surface area contributed by atoms with Gasteiger partial charge in [-0.25, -0.2) is 4.79 Å². The number of ether oxygens (including phenoxy) is 1. The van der Waals surface area contributed by atoms with E-state index in [1.165, 1.54) is 29.3 Å². The molecular weight excluding hydrogens is 340 g/mol. The molecule has 1 heterocycles. The van der Waals surface area contributed by atoms with Crippen LogP contribution in [0.3, 0.4) is 0 Å². The summed E-state index contributed by atoms with van der Waals surface area (Å²) in [6.07, 6.45) is 2.33. The molecule has 0 spiro atoms. The number of aryl methyl sites for hydroxylation is 2. The van der Waals surface area contributed by atoms with Crippen molar-refractivity contribution in [3.8, 4) is 0 Å².